The van der Waals surface area contributed by atoms with E-state index in [4.69, 9.17) is 5.41 Å². The molecule has 0 amide bonds. The van der Waals surface area contributed by atoms with Crippen molar-refractivity contribution >= 4 is 17.1 Å². The highest BCUT2D eigenvalue weighted by molar-refractivity contribution is 6.15. The zero-order valence-corrected chi connectivity index (χ0v) is 8.09. The largest absolute Gasteiger partial charge is 0.365 e. The van der Waals surface area contributed by atoms with E-state index in [0.717, 1.165) is 11.4 Å². The third kappa shape index (κ3) is 2.59. The molecule has 3 nitrogen and oxygen atoms in total. The number of nitrogens with one attached hydrogen (secondary N) is 1. The van der Waals surface area contributed by atoms with Gasteiger partial charge in [-0.2, -0.15) is 0 Å². The van der Waals surface area contributed by atoms with Crippen LogP contribution in [-0.2, 0) is 0 Å². The SMILES string of the molecule is N=C1C=CC(=[N+]=Nc2ccccc2)C=C1. The van der Waals surface area contributed by atoms with Crippen LogP contribution < -0.4 is 0 Å². The van der Waals surface area contributed by atoms with Gasteiger partial charge in [-0.3, -0.25) is 0 Å². The summed E-state index contributed by atoms with van der Waals surface area (Å²) in [5.41, 5.74) is 2.07. The Hall–Kier alpha value is -2.25. The van der Waals surface area contributed by atoms with Crippen LogP contribution >= 0.6 is 0 Å². The molecule has 15 heavy (non-hydrogen) atoms. The normalized spacial score (nSPS) is 13.9. The van der Waals surface area contributed by atoms with Crippen molar-refractivity contribution in [3.63, 3.8) is 0 Å². The molecule has 72 valence electrons. The Morgan fingerprint density at radius 3 is 2.27 bits per heavy atom. The first kappa shape index (κ1) is 9.31. The fourth-order valence-corrected chi connectivity index (χ4v) is 1.14. The van der Waals surface area contributed by atoms with Crippen molar-refractivity contribution in [2.75, 3.05) is 0 Å². The van der Waals surface area contributed by atoms with E-state index in [1.54, 1.807) is 24.3 Å². The minimum absolute atomic E-state index is 0.480. The number of hydrogen-bond donors (Lipinski definition) is 1. The van der Waals surface area contributed by atoms with Crippen LogP contribution in [0.2, 0.25) is 0 Å². The smallest absolute Gasteiger partial charge is 0.301 e. The Morgan fingerprint density at radius 1 is 0.933 bits per heavy atom. The first-order valence-corrected chi connectivity index (χ1v) is 4.63. The molecule has 0 spiro atoms. The Labute approximate surface area is 87.7 Å². The molecule has 1 N–H and O–H groups in total. The van der Waals surface area contributed by atoms with Crippen molar-refractivity contribution in [2.45, 2.75) is 0 Å². The average Bonchev–Trinajstić information content (AvgIpc) is 2.30. The highest BCUT2D eigenvalue weighted by Gasteiger charge is 2.05. The number of allylic oxidation sites excluding steroid dienone is 4. The molecule has 0 bridgehead atoms. The number of hydrogen-bond acceptors (Lipinski definition) is 2. The van der Waals surface area contributed by atoms with Crippen LogP contribution in [-0.4, -0.2) is 16.2 Å². The highest BCUT2D eigenvalue weighted by atomic mass is 15.0. The lowest BCUT2D eigenvalue weighted by molar-refractivity contribution is -0.0743. The van der Waals surface area contributed by atoms with Crippen LogP contribution in [0.1, 0.15) is 0 Å². The van der Waals surface area contributed by atoms with Gasteiger partial charge in [0.15, 0.2) is 0 Å². The first-order valence-electron chi connectivity index (χ1n) is 4.63. The van der Waals surface area contributed by atoms with Crippen molar-refractivity contribution in [3.8, 4) is 0 Å². The van der Waals surface area contributed by atoms with E-state index < -0.39 is 0 Å². The summed E-state index contributed by atoms with van der Waals surface area (Å²) in [6, 6.07) is 9.56. The second-order valence-corrected chi connectivity index (χ2v) is 3.08. The molecule has 0 aliphatic heterocycles. The second-order valence-electron chi connectivity index (χ2n) is 3.08. The zero-order valence-electron chi connectivity index (χ0n) is 8.09. The van der Waals surface area contributed by atoms with Crippen molar-refractivity contribution < 1.29 is 4.79 Å². The first-order chi connectivity index (χ1) is 7.34. The maximum Gasteiger partial charge on any atom is 0.365 e. The Morgan fingerprint density at radius 2 is 1.60 bits per heavy atom. The summed E-state index contributed by atoms with van der Waals surface area (Å²) < 4.78 is 0. The lowest BCUT2D eigenvalue weighted by atomic mass is 10.1. The molecule has 0 fully saturated rings. The molecule has 0 saturated heterocycles. The van der Waals surface area contributed by atoms with E-state index in [1.807, 2.05) is 30.3 Å². The van der Waals surface area contributed by atoms with Gasteiger partial charge in [0.25, 0.3) is 0 Å². The standard InChI is InChI=1S/C12H10N3/c13-10-6-8-12(9-7-10)15-14-11-4-2-1-3-5-11/h1-9,13H/q+1. The topological polar surface area (TPSA) is 50.3 Å². The molecule has 3 heteroatoms. The monoisotopic (exact) mass is 196 g/mol. The average molecular weight is 196 g/mol. The van der Waals surface area contributed by atoms with Crippen molar-refractivity contribution in [2.24, 2.45) is 5.11 Å². The third-order valence-electron chi connectivity index (χ3n) is 1.90. The van der Waals surface area contributed by atoms with E-state index in [2.05, 4.69) is 9.90 Å². The maximum atomic E-state index is 7.32. The molecule has 1 aliphatic carbocycles. The van der Waals surface area contributed by atoms with Crippen LogP contribution in [0.25, 0.3) is 0 Å². The fraction of sp³-hybridized carbons (Fsp3) is 0. The van der Waals surface area contributed by atoms with Gasteiger partial charge in [-0.25, -0.2) is 0 Å². The Kier molecular flexibility index (Phi) is 2.68. The lowest BCUT2D eigenvalue weighted by Crippen LogP contribution is -1.99. The minimum Gasteiger partial charge on any atom is -0.301 e. The molecule has 0 saturated carbocycles. The molecule has 0 atom stereocenters. The van der Waals surface area contributed by atoms with E-state index >= 15 is 0 Å². The summed E-state index contributed by atoms with van der Waals surface area (Å²) in [5, 5.41) is 11.4. The maximum absolute atomic E-state index is 7.32. The summed E-state index contributed by atoms with van der Waals surface area (Å²) in [4.78, 5) is 4.06. The van der Waals surface area contributed by atoms with Gasteiger partial charge in [0.05, 0.1) is 10.5 Å². The zero-order chi connectivity index (χ0) is 10.5. The van der Waals surface area contributed by atoms with Crippen LogP contribution in [0.3, 0.4) is 0 Å². The number of rotatable bonds is 1. The van der Waals surface area contributed by atoms with Crippen LogP contribution in [0.5, 0.6) is 0 Å². The molecule has 0 heterocycles. The van der Waals surface area contributed by atoms with E-state index in [0.29, 0.717) is 5.71 Å². The summed E-state index contributed by atoms with van der Waals surface area (Å²) in [7, 11) is 0. The lowest BCUT2D eigenvalue weighted by Gasteiger charge is -1.87. The quantitative estimate of drug-likeness (QED) is 0.408. The summed E-state index contributed by atoms with van der Waals surface area (Å²) in [5.74, 6) is 0. The van der Waals surface area contributed by atoms with Crippen molar-refractivity contribution in [1.82, 2.24) is 0 Å². The van der Waals surface area contributed by atoms with Crippen molar-refractivity contribution in [1.29, 1.82) is 5.41 Å². The van der Waals surface area contributed by atoms with E-state index in [1.165, 1.54) is 0 Å². The molecule has 1 aromatic carbocycles. The number of nitrogens with zero attached hydrogens (tertiary/aromatic N) is 2. The highest BCUT2D eigenvalue weighted by Crippen LogP contribution is 2.07. The van der Waals surface area contributed by atoms with Gasteiger partial charge in [0.1, 0.15) is 10.8 Å². The Bertz CT molecular complexity index is 471. The summed E-state index contributed by atoms with van der Waals surface area (Å²) >= 11 is 0. The molecular weight excluding hydrogens is 186 g/mol. The van der Waals surface area contributed by atoms with Gasteiger partial charge in [-0.05, 0) is 24.3 Å². The van der Waals surface area contributed by atoms with Gasteiger partial charge < -0.3 is 5.41 Å². The van der Waals surface area contributed by atoms with Gasteiger partial charge in [-0.15, -0.1) is 0 Å². The van der Waals surface area contributed by atoms with Crippen molar-refractivity contribution in [3.05, 3.63) is 54.6 Å². The second kappa shape index (κ2) is 4.31. The predicted molar refractivity (Wildman–Crippen MR) is 59.8 cm³/mol. The summed E-state index contributed by atoms with van der Waals surface area (Å²) in [6.07, 6.45) is 6.93. The molecule has 0 radical (unpaired) electrons. The number of benzene rings is 1. The predicted octanol–water partition coefficient (Wildman–Crippen LogP) is 2.57. The third-order valence-corrected chi connectivity index (χ3v) is 1.90. The molecule has 1 aromatic rings. The molecular formula is C12H10N3+. The molecule has 0 unspecified atom stereocenters. The Balaban J connectivity index is 2.25. The van der Waals surface area contributed by atoms with E-state index in [-0.39, 0.29) is 0 Å². The fourth-order valence-electron chi connectivity index (χ4n) is 1.14. The molecule has 1 aliphatic rings. The van der Waals surface area contributed by atoms with Gasteiger partial charge in [0.2, 0.25) is 0 Å². The summed E-state index contributed by atoms with van der Waals surface area (Å²) in [6.45, 7) is 0. The van der Waals surface area contributed by atoms with Crippen LogP contribution in [0, 0.1) is 5.41 Å². The minimum atomic E-state index is 0.480. The van der Waals surface area contributed by atoms with Gasteiger partial charge in [0, 0.05) is 12.2 Å². The van der Waals surface area contributed by atoms with Gasteiger partial charge in [-0.1, -0.05) is 18.2 Å². The molecule has 0 aromatic heterocycles. The van der Waals surface area contributed by atoms with E-state index in [9.17, 15) is 0 Å². The molecule has 2 rings (SSSR count). The van der Waals surface area contributed by atoms with Crippen LogP contribution in [0.15, 0.2) is 59.8 Å². The van der Waals surface area contributed by atoms with Gasteiger partial charge >= 0.3 is 5.71 Å². The van der Waals surface area contributed by atoms with Crippen LogP contribution in [0.4, 0.5) is 5.69 Å².